The van der Waals surface area contributed by atoms with Gasteiger partial charge in [-0.05, 0) is 120 Å². The normalized spacial score (nSPS) is 13.0. The Hall–Kier alpha value is -6.96. The highest BCUT2D eigenvalue weighted by molar-refractivity contribution is 6.00. The molecule has 0 saturated carbocycles. The molecule has 0 aromatic heterocycles. The van der Waals surface area contributed by atoms with Gasteiger partial charge in [0, 0.05) is 17.1 Å². The fourth-order valence-corrected chi connectivity index (χ4v) is 9.37. The van der Waals surface area contributed by atoms with E-state index >= 15 is 0 Å². The first-order chi connectivity index (χ1) is 26.8. The Balaban J connectivity index is 1.06. The molecule has 1 nitrogen and oxygen atoms in total. The maximum atomic E-state index is 2.46. The molecule has 2 aliphatic carbocycles. The molecule has 1 spiro atoms. The monoisotopic (exact) mass is 685 g/mol. The molecule has 0 aliphatic heterocycles. The number of rotatable bonds is 5. The van der Waals surface area contributed by atoms with E-state index in [-0.39, 0.29) is 0 Å². The van der Waals surface area contributed by atoms with E-state index in [1.165, 1.54) is 77.5 Å². The number of para-hydroxylation sites is 1. The van der Waals surface area contributed by atoms with Gasteiger partial charge in [0.2, 0.25) is 0 Å². The summed E-state index contributed by atoms with van der Waals surface area (Å²) in [6.45, 7) is 0. The first-order valence-electron chi connectivity index (χ1n) is 18.8. The maximum Gasteiger partial charge on any atom is 0.0726 e. The van der Waals surface area contributed by atoms with Crippen LogP contribution in [0.2, 0.25) is 0 Å². The van der Waals surface area contributed by atoms with E-state index < -0.39 is 5.41 Å². The Bertz CT molecular complexity index is 2810. The minimum absolute atomic E-state index is 0.393. The Morgan fingerprint density at radius 2 is 0.778 bits per heavy atom. The van der Waals surface area contributed by atoms with Gasteiger partial charge in [-0.15, -0.1) is 0 Å². The minimum Gasteiger partial charge on any atom is -0.310 e. The van der Waals surface area contributed by atoms with Crippen LogP contribution in [0.25, 0.3) is 55.3 Å². The van der Waals surface area contributed by atoms with E-state index in [1.807, 2.05) is 0 Å². The van der Waals surface area contributed by atoms with Gasteiger partial charge in [0.1, 0.15) is 0 Å². The van der Waals surface area contributed by atoms with Crippen molar-refractivity contribution in [3.05, 3.63) is 235 Å². The van der Waals surface area contributed by atoms with Gasteiger partial charge >= 0.3 is 0 Å². The molecule has 0 bridgehead atoms. The highest BCUT2D eigenvalue weighted by Crippen LogP contribution is 2.63. The standard InChI is InChI=1S/C53H35N/c1-3-14-37(15-4-1)43-22-13-16-38-26-27-39(34-48(38)43)36-28-30-41(31-29-36)54(40-17-5-2-6-18-40)42-32-33-47-46-21-9-12-25-51(46)53(52(47)35-42)49-23-10-7-19-44(49)45-20-8-11-24-50(45)53/h1-35H. The molecule has 0 saturated heterocycles. The largest absolute Gasteiger partial charge is 0.310 e. The molecule has 9 aromatic carbocycles. The van der Waals surface area contributed by atoms with Crippen LogP contribution in [0.1, 0.15) is 22.3 Å². The summed E-state index contributed by atoms with van der Waals surface area (Å²) in [5.41, 5.74) is 18.5. The maximum absolute atomic E-state index is 2.46. The molecule has 252 valence electrons. The lowest BCUT2D eigenvalue weighted by molar-refractivity contribution is 0.793. The van der Waals surface area contributed by atoms with Crippen LogP contribution >= 0.6 is 0 Å². The Labute approximate surface area is 316 Å². The molecular formula is C53H35N. The number of hydrogen-bond acceptors (Lipinski definition) is 1. The molecule has 0 N–H and O–H groups in total. The summed E-state index contributed by atoms with van der Waals surface area (Å²) in [5, 5.41) is 2.51. The molecule has 54 heavy (non-hydrogen) atoms. The van der Waals surface area contributed by atoms with Crippen LogP contribution in [0.15, 0.2) is 212 Å². The number of nitrogens with zero attached hydrogens (tertiary/aromatic N) is 1. The summed E-state index contributed by atoms with van der Waals surface area (Å²) in [6, 6.07) is 78.1. The molecule has 0 atom stereocenters. The SMILES string of the molecule is c1ccc(-c2cccc3ccc(-c4ccc(N(c5ccccc5)c5ccc6c(c5)C5(c7ccccc7-c7ccccc75)c5ccccc5-6)cc4)cc23)cc1. The van der Waals surface area contributed by atoms with Crippen LogP contribution in [0.4, 0.5) is 17.1 Å². The fraction of sp³-hybridized carbons (Fsp3) is 0.0189. The Kier molecular flexibility index (Phi) is 6.84. The van der Waals surface area contributed by atoms with Crippen molar-refractivity contribution in [2.75, 3.05) is 4.90 Å². The Morgan fingerprint density at radius 1 is 0.278 bits per heavy atom. The molecule has 0 amide bonds. The number of fused-ring (bicyclic) bond motifs is 11. The minimum atomic E-state index is -0.393. The van der Waals surface area contributed by atoms with E-state index in [9.17, 15) is 0 Å². The van der Waals surface area contributed by atoms with Gasteiger partial charge in [0.15, 0.2) is 0 Å². The van der Waals surface area contributed by atoms with E-state index in [0.29, 0.717) is 0 Å². The number of hydrogen-bond donors (Lipinski definition) is 0. The highest BCUT2D eigenvalue weighted by Gasteiger charge is 2.51. The fourth-order valence-electron chi connectivity index (χ4n) is 9.37. The molecule has 0 unspecified atom stereocenters. The van der Waals surface area contributed by atoms with Gasteiger partial charge in [-0.3, -0.25) is 0 Å². The van der Waals surface area contributed by atoms with Crippen molar-refractivity contribution in [2.24, 2.45) is 0 Å². The molecule has 2 aliphatic rings. The molecule has 1 heteroatoms. The third kappa shape index (κ3) is 4.45. The van der Waals surface area contributed by atoms with Crippen molar-refractivity contribution in [1.29, 1.82) is 0 Å². The van der Waals surface area contributed by atoms with Crippen LogP contribution in [0.3, 0.4) is 0 Å². The second-order valence-electron chi connectivity index (χ2n) is 14.4. The number of anilines is 3. The lowest BCUT2D eigenvalue weighted by Gasteiger charge is -2.32. The van der Waals surface area contributed by atoms with E-state index in [4.69, 9.17) is 0 Å². The second kappa shape index (κ2) is 12.0. The van der Waals surface area contributed by atoms with Gasteiger partial charge in [-0.2, -0.15) is 0 Å². The van der Waals surface area contributed by atoms with Crippen LogP contribution in [-0.4, -0.2) is 0 Å². The topological polar surface area (TPSA) is 3.24 Å². The predicted octanol–water partition coefficient (Wildman–Crippen LogP) is 14.0. The predicted molar refractivity (Wildman–Crippen MR) is 226 cm³/mol. The highest BCUT2D eigenvalue weighted by atomic mass is 15.1. The van der Waals surface area contributed by atoms with Crippen molar-refractivity contribution >= 4 is 27.8 Å². The van der Waals surface area contributed by atoms with Crippen molar-refractivity contribution in [2.45, 2.75) is 5.41 Å². The third-order valence-electron chi connectivity index (χ3n) is 11.7. The molecule has 0 radical (unpaired) electrons. The van der Waals surface area contributed by atoms with Crippen molar-refractivity contribution in [1.82, 2.24) is 0 Å². The van der Waals surface area contributed by atoms with Gasteiger partial charge in [0.05, 0.1) is 5.41 Å². The quantitative estimate of drug-likeness (QED) is 0.174. The van der Waals surface area contributed by atoms with Crippen LogP contribution in [0.5, 0.6) is 0 Å². The zero-order chi connectivity index (χ0) is 35.6. The summed E-state index contributed by atoms with van der Waals surface area (Å²) >= 11 is 0. The summed E-state index contributed by atoms with van der Waals surface area (Å²) in [4.78, 5) is 2.40. The zero-order valence-electron chi connectivity index (χ0n) is 29.7. The summed E-state index contributed by atoms with van der Waals surface area (Å²) in [7, 11) is 0. The van der Waals surface area contributed by atoms with Crippen molar-refractivity contribution in [3.63, 3.8) is 0 Å². The van der Waals surface area contributed by atoms with Gasteiger partial charge in [0.25, 0.3) is 0 Å². The lowest BCUT2D eigenvalue weighted by Crippen LogP contribution is -2.26. The summed E-state index contributed by atoms with van der Waals surface area (Å²) in [5.74, 6) is 0. The average Bonchev–Trinajstić information content (AvgIpc) is 3.71. The van der Waals surface area contributed by atoms with Crippen LogP contribution < -0.4 is 4.90 Å². The van der Waals surface area contributed by atoms with Gasteiger partial charge < -0.3 is 4.90 Å². The summed E-state index contributed by atoms with van der Waals surface area (Å²) < 4.78 is 0. The second-order valence-corrected chi connectivity index (χ2v) is 14.4. The summed E-state index contributed by atoms with van der Waals surface area (Å²) in [6.07, 6.45) is 0. The van der Waals surface area contributed by atoms with Crippen molar-refractivity contribution < 1.29 is 0 Å². The van der Waals surface area contributed by atoms with E-state index in [0.717, 1.165) is 17.1 Å². The first kappa shape index (κ1) is 30.6. The van der Waals surface area contributed by atoms with Gasteiger partial charge in [-0.1, -0.05) is 170 Å². The Morgan fingerprint density at radius 3 is 1.43 bits per heavy atom. The zero-order valence-corrected chi connectivity index (χ0v) is 29.7. The van der Waals surface area contributed by atoms with Crippen LogP contribution in [-0.2, 0) is 5.41 Å². The molecule has 0 fully saturated rings. The number of benzene rings is 9. The molecule has 11 rings (SSSR count). The van der Waals surface area contributed by atoms with E-state index in [2.05, 4.69) is 217 Å². The lowest BCUT2D eigenvalue weighted by atomic mass is 9.70. The smallest absolute Gasteiger partial charge is 0.0726 e. The van der Waals surface area contributed by atoms with Gasteiger partial charge in [-0.25, -0.2) is 0 Å². The third-order valence-corrected chi connectivity index (χ3v) is 11.7. The average molecular weight is 686 g/mol. The van der Waals surface area contributed by atoms with Crippen molar-refractivity contribution in [3.8, 4) is 44.5 Å². The van der Waals surface area contributed by atoms with Crippen LogP contribution in [0, 0.1) is 0 Å². The van der Waals surface area contributed by atoms with E-state index in [1.54, 1.807) is 0 Å². The molecule has 9 aromatic rings. The first-order valence-corrected chi connectivity index (χ1v) is 18.8. The molecular weight excluding hydrogens is 651 g/mol. The molecule has 0 heterocycles.